The standard InChI is InChI=1S/C21H21ClN2O4S/c22-16-2-1-3-17(13-16)23-20(25)9-11-29(27,28)18-6-7-19-15(12-18)8-10-24(19)21(26)14-4-5-14/h1-3,6-7,12-14H,4-5,8-11H2,(H,23,25). The molecule has 2 aromatic rings. The van der Waals surface area contributed by atoms with Gasteiger partial charge < -0.3 is 10.2 Å². The second-order valence-corrected chi connectivity index (χ2v) is 9.98. The van der Waals surface area contributed by atoms with E-state index in [0.717, 1.165) is 24.1 Å². The fourth-order valence-electron chi connectivity index (χ4n) is 3.49. The fraction of sp³-hybridized carbons (Fsp3) is 0.333. The van der Waals surface area contributed by atoms with Gasteiger partial charge in [0.1, 0.15) is 0 Å². The molecular formula is C21H21ClN2O4S. The van der Waals surface area contributed by atoms with Gasteiger partial charge in [-0.3, -0.25) is 9.59 Å². The number of fused-ring (bicyclic) bond motifs is 1. The summed E-state index contributed by atoms with van der Waals surface area (Å²) in [5.74, 6) is -0.416. The summed E-state index contributed by atoms with van der Waals surface area (Å²) in [7, 11) is -3.61. The highest BCUT2D eigenvalue weighted by Crippen LogP contribution is 2.37. The zero-order valence-electron chi connectivity index (χ0n) is 15.7. The van der Waals surface area contributed by atoms with E-state index < -0.39 is 15.7 Å². The van der Waals surface area contributed by atoms with Gasteiger partial charge in [0.2, 0.25) is 11.8 Å². The van der Waals surface area contributed by atoms with E-state index in [2.05, 4.69) is 5.32 Å². The number of nitrogens with one attached hydrogen (secondary N) is 1. The van der Waals surface area contributed by atoms with Crippen molar-refractivity contribution >= 4 is 44.6 Å². The SMILES string of the molecule is O=C(CCS(=O)(=O)c1ccc2c(c1)CCN2C(=O)C1CC1)Nc1cccc(Cl)c1. The van der Waals surface area contributed by atoms with E-state index in [1.165, 1.54) is 6.07 Å². The van der Waals surface area contributed by atoms with Crippen LogP contribution in [-0.4, -0.2) is 32.5 Å². The number of rotatable bonds is 6. The molecule has 0 atom stereocenters. The van der Waals surface area contributed by atoms with E-state index in [9.17, 15) is 18.0 Å². The van der Waals surface area contributed by atoms with E-state index in [-0.39, 0.29) is 28.9 Å². The minimum Gasteiger partial charge on any atom is -0.326 e. The van der Waals surface area contributed by atoms with Gasteiger partial charge in [0.15, 0.2) is 9.84 Å². The summed E-state index contributed by atoms with van der Waals surface area (Å²) >= 11 is 5.88. The molecule has 4 rings (SSSR count). The molecule has 0 spiro atoms. The van der Waals surface area contributed by atoms with Gasteiger partial charge in [-0.2, -0.15) is 0 Å². The molecule has 6 nitrogen and oxygen atoms in total. The van der Waals surface area contributed by atoms with Gasteiger partial charge in [0.25, 0.3) is 0 Å². The van der Waals surface area contributed by atoms with Gasteiger partial charge >= 0.3 is 0 Å². The number of carbonyl (C=O) groups is 2. The lowest BCUT2D eigenvalue weighted by Gasteiger charge is -2.17. The molecule has 0 aromatic heterocycles. The predicted molar refractivity (Wildman–Crippen MR) is 112 cm³/mol. The molecule has 1 N–H and O–H groups in total. The molecule has 2 amide bonds. The zero-order valence-corrected chi connectivity index (χ0v) is 17.3. The Morgan fingerprint density at radius 3 is 2.66 bits per heavy atom. The zero-order chi connectivity index (χ0) is 20.6. The average molecular weight is 433 g/mol. The number of carbonyl (C=O) groups excluding carboxylic acids is 2. The van der Waals surface area contributed by atoms with Crippen molar-refractivity contribution in [2.45, 2.75) is 30.6 Å². The maximum atomic E-state index is 12.7. The molecule has 1 saturated carbocycles. The van der Waals surface area contributed by atoms with Crippen LogP contribution < -0.4 is 10.2 Å². The lowest BCUT2D eigenvalue weighted by atomic mass is 10.2. The molecule has 0 bridgehead atoms. The molecule has 2 aromatic carbocycles. The van der Waals surface area contributed by atoms with Gasteiger partial charge in [-0.15, -0.1) is 0 Å². The Morgan fingerprint density at radius 2 is 1.93 bits per heavy atom. The molecule has 0 saturated heterocycles. The summed E-state index contributed by atoms with van der Waals surface area (Å²) in [5, 5.41) is 3.14. The maximum absolute atomic E-state index is 12.7. The van der Waals surface area contributed by atoms with E-state index in [1.54, 1.807) is 41.3 Å². The average Bonchev–Trinajstić information content (AvgIpc) is 3.45. The highest BCUT2D eigenvalue weighted by Gasteiger charge is 2.36. The topological polar surface area (TPSA) is 83.6 Å². The third-order valence-corrected chi connectivity index (χ3v) is 7.15. The van der Waals surface area contributed by atoms with Crippen LogP contribution in [0, 0.1) is 5.92 Å². The lowest BCUT2D eigenvalue weighted by molar-refractivity contribution is -0.119. The van der Waals surface area contributed by atoms with Crippen LogP contribution in [0.15, 0.2) is 47.4 Å². The first-order chi connectivity index (χ1) is 13.8. The van der Waals surface area contributed by atoms with Crippen molar-refractivity contribution in [1.29, 1.82) is 0 Å². The number of nitrogens with zero attached hydrogens (tertiary/aromatic N) is 1. The molecule has 1 heterocycles. The Bertz CT molecular complexity index is 1080. The first-order valence-corrected chi connectivity index (χ1v) is 11.6. The summed E-state index contributed by atoms with van der Waals surface area (Å²) < 4.78 is 25.4. The number of halogens is 1. The third kappa shape index (κ3) is 4.46. The Balaban J connectivity index is 1.41. The molecule has 29 heavy (non-hydrogen) atoms. The quantitative estimate of drug-likeness (QED) is 0.757. The van der Waals surface area contributed by atoms with Gasteiger partial charge in [0, 0.05) is 35.3 Å². The number of sulfone groups is 1. The second kappa shape index (κ2) is 7.80. The summed E-state index contributed by atoms with van der Waals surface area (Å²) in [6, 6.07) is 11.6. The molecule has 1 aliphatic carbocycles. The number of benzene rings is 2. The van der Waals surface area contributed by atoms with Crippen LogP contribution in [0.1, 0.15) is 24.8 Å². The van der Waals surface area contributed by atoms with Crippen molar-refractivity contribution in [3.05, 3.63) is 53.1 Å². The van der Waals surface area contributed by atoms with Crippen LogP contribution >= 0.6 is 11.6 Å². The van der Waals surface area contributed by atoms with Crippen LogP contribution in [-0.2, 0) is 25.8 Å². The molecule has 0 radical (unpaired) electrons. The number of hydrogen-bond acceptors (Lipinski definition) is 4. The monoisotopic (exact) mass is 432 g/mol. The lowest BCUT2D eigenvalue weighted by Crippen LogP contribution is -2.30. The highest BCUT2D eigenvalue weighted by molar-refractivity contribution is 7.91. The first kappa shape index (κ1) is 19.9. The van der Waals surface area contributed by atoms with Gasteiger partial charge in [-0.25, -0.2) is 8.42 Å². The Morgan fingerprint density at radius 1 is 1.14 bits per heavy atom. The molecule has 1 fully saturated rings. The van der Waals surface area contributed by atoms with E-state index in [0.29, 0.717) is 23.7 Å². The van der Waals surface area contributed by atoms with Crippen molar-refractivity contribution < 1.29 is 18.0 Å². The van der Waals surface area contributed by atoms with Crippen molar-refractivity contribution in [3.63, 3.8) is 0 Å². The molecule has 0 unspecified atom stereocenters. The Hall–Kier alpha value is -2.38. The minimum absolute atomic E-state index is 0.127. The molecule has 152 valence electrons. The van der Waals surface area contributed by atoms with Crippen LogP contribution in [0.25, 0.3) is 0 Å². The Kier molecular flexibility index (Phi) is 5.36. The number of amides is 2. The molecular weight excluding hydrogens is 412 g/mol. The second-order valence-electron chi connectivity index (χ2n) is 7.43. The highest BCUT2D eigenvalue weighted by atomic mass is 35.5. The number of hydrogen-bond donors (Lipinski definition) is 1. The predicted octanol–water partition coefficient (Wildman–Crippen LogP) is 3.44. The van der Waals surface area contributed by atoms with Crippen LogP contribution in [0.2, 0.25) is 5.02 Å². The fourth-order valence-corrected chi connectivity index (χ4v) is 4.96. The van der Waals surface area contributed by atoms with Crippen LogP contribution in [0.4, 0.5) is 11.4 Å². The molecule has 1 aliphatic heterocycles. The minimum atomic E-state index is -3.61. The summed E-state index contributed by atoms with van der Waals surface area (Å²) in [6.07, 6.45) is 2.37. The first-order valence-electron chi connectivity index (χ1n) is 9.56. The van der Waals surface area contributed by atoms with Crippen molar-refractivity contribution in [2.75, 3.05) is 22.5 Å². The molecule has 8 heteroatoms. The number of anilines is 2. The summed E-state index contributed by atoms with van der Waals surface area (Å²) in [5.41, 5.74) is 2.20. The van der Waals surface area contributed by atoms with E-state index >= 15 is 0 Å². The van der Waals surface area contributed by atoms with Gasteiger partial charge in [-0.05, 0) is 61.2 Å². The van der Waals surface area contributed by atoms with Crippen molar-refractivity contribution in [2.24, 2.45) is 5.92 Å². The van der Waals surface area contributed by atoms with Crippen molar-refractivity contribution in [3.8, 4) is 0 Å². The van der Waals surface area contributed by atoms with Crippen LogP contribution in [0.5, 0.6) is 0 Å². The van der Waals surface area contributed by atoms with Crippen LogP contribution in [0.3, 0.4) is 0 Å². The largest absolute Gasteiger partial charge is 0.326 e. The van der Waals surface area contributed by atoms with Gasteiger partial charge in [0.05, 0.1) is 10.6 Å². The van der Waals surface area contributed by atoms with Gasteiger partial charge in [-0.1, -0.05) is 17.7 Å². The Labute approximate surface area is 174 Å². The molecule has 2 aliphatic rings. The smallest absolute Gasteiger partial charge is 0.230 e. The normalized spacial score (nSPS) is 15.8. The third-order valence-electron chi connectivity index (χ3n) is 5.20. The van der Waals surface area contributed by atoms with E-state index in [1.807, 2.05) is 0 Å². The van der Waals surface area contributed by atoms with E-state index in [4.69, 9.17) is 11.6 Å². The summed E-state index contributed by atoms with van der Waals surface area (Å²) in [4.78, 5) is 26.4. The maximum Gasteiger partial charge on any atom is 0.230 e. The van der Waals surface area contributed by atoms with Crippen molar-refractivity contribution in [1.82, 2.24) is 0 Å². The summed E-state index contributed by atoms with van der Waals surface area (Å²) in [6.45, 7) is 0.593.